The quantitative estimate of drug-likeness (QED) is 0.487. The second-order valence-electron chi connectivity index (χ2n) is 8.16. The predicted octanol–water partition coefficient (Wildman–Crippen LogP) is 5.50. The van der Waals surface area contributed by atoms with Crippen LogP contribution in [-0.4, -0.2) is 35.0 Å². The lowest BCUT2D eigenvalue weighted by Gasteiger charge is -2.22. The smallest absolute Gasteiger partial charge is 0.303 e. The van der Waals surface area contributed by atoms with E-state index in [1.165, 1.54) is 28.3 Å². The minimum absolute atomic E-state index is 0.00998. The highest BCUT2D eigenvalue weighted by Crippen LogP contribution is 2.42. The third kappa shape index (κ3) is 3.96. The molecule has 148 valence electrons. The van der Waals surface area contributed by atoms with Gasteiger partial charge in [0, 0.05) is 49.8 Å². The molecule has 0 aromatic heterocycles. The van der Waals surface area contributed by atoms with E-state index >= 15 is 0 Å². The highest BCUT2D eigenvalue weighted by atomic mass is 16.4. The minimum Gasteiger partial charge on any atom is -0.481 e. The van der Waals surface area contributed by atoms with Gasteiger partial charge in [-0.15, -0.1) is 0 Å². The fourth-order valence-electron chi connectivity index (χ4n) is 3.99. The largest absolute Gasteiger partial charge is 0.481 e. The Morgan fingerprint density at radius 3 is 2.43 bits per heavy atom. The van der Waals surface area contributed by atoms with Gasteiger partial charge in [-0.2, -0.15) is 4.58 Å². The number of hydrogen-bond donors (Lipinski definition) is 1. The van der Waals surface area contributed by atoms with Crippen molar-refractivity contribution in [2.75, 3.05) is 18.5 Å². The van der Waals surface area contributed by atoms with Crippen molar-refractivity contribution in [3.05, 3.63) is 54.1 Å². The molecule has 0 aliphatic carbocycles. The molecule has 0 radical (unpaired) electrons. The molecule has 1 aliphatic rings. The lowest BCUT2D eigenvalue weighted by molar-refractivity contribution is -0.439. The van der Waals surface area contributed by atoms with Gasteiger partial charge in [0.1, 0.15) is 6.54 Å². The molecule has 0 spiro atoms. The summed E-state index contributed by atoms with van der Waals surface area (Å²) in [6.07, 6.45) is 2.96. The van der Waals surface area contributed by atoms with Crippen LogP contribution in [0, 0.1) is 0 Å². The number of hydrogen-bond acceptors (Lipinski definition) is 2. The molecule has 0 atom stereocenters. The first-order valence-corrected chi connectivity index (χ1v) is 10.1. The molecule has 0 unspecified atom stereocenters. The van der Waals surface area contributed by atoms with E-state index in [0.29, 0.717) is 0 Å². The van der Waals surface area contributed by atoms with Crippen LogP contribution in [0.2, 0.25) is 0 Å². The number of rotatable bonds is 8. The Labute approximate surface area is 168 Å². The predicted molar refractivity (Wildman–Crippen MR) is 116 cm³/mol. The van der Waals surface area contributed by atoms with Crippen molar-refractivity contribution in [3.63, 3.8) is 0 Å². The van der Waals surface area contributed by atoms with E-state index in [1.54, 1.807) is 0 Å². The Morgan fingerprint density at radius 1 is 1.04 bits per heavy atom. The topological polar surface area (TPSA) is 43.6 Å². The van der Waals surface area contributed by atoms with Gasteiger partial charge in [0.05, 0.1) is 5.41 Å². The average Bonchev–Trinajstić information content (AvgIpc) is 2.87. The van der Waals surface area contributed by atoms with Crippen molar-refractivity contribution in [3.8, 4) is 0 Å². The maximum absolute atomic E-state index is 10.7. The Bertz CT molecular complexity index is 885. The van der Waals surface area contributed by atoms with Crippen molar-refractivity contribution >= 4 is 28.7 Å². The summed E-state index contributed by atoms with van der Waals surface area (Å²) < 4.78 is 2.42. The lowest BCUT2D eigenvalue weighted by Crippen LogP contribution is -2.26. The Balaban J connectivity index is 1.80. The number of carboxylic acid groups (broad SMARTS) is 1. The summed E-state index contributed by atoms with van der Waals surface area (Å²) in [4.78, 5) is 12.9. The summed E-state index contributed by atoms with van der Waals surface area (Å²) in [5.41, 5.74) is 6.36. The number of benzene rings is 2. The van der Waals surface area contributed by atoms with Gasteiger partial charge in [-0.1, -0.05) is 18.2 Å². The average molecular weight is 380 g/mol. The molecule has 4 heteroatoms. The van der Waals surface area contributed by atoms with Crippen molar-refractivity contribution in [2.45, 2.75) is 51.9 Å². The van der Waals surface area contributed by atoms with E-state index in [4.69, 9.17) is 5.11 Å². The molecule has 1 aliphatic heterocycles. The number of unbranched alkanes of at least 4 members (excludes halogenated alkanes) is 2. The molecule has 2 aromatic rings. The Hall–Kier alpha value is -2.62. The number of carboxylic acids is 1. The third-order valence-corrected chi connectivity index (χ3v) is 6.06. The summed E-state index contributed by atoms with van der Waals surface area (Å²) in [6.45, 7) is 7.74. The molecule has 1 N–H and O–H groups in total. The van der Waals surface area contributed by atoms with Crippen LogP contribution < -0.4 is 4.90 Å². The fraction of sp³-hybridized carbons (Fsp3) is 0.417. The first-order chi connectivity index (χ1) is 13.3. The van der Waals surface area contributed by atoms with Crippen molar-refractivity contribution in [2.24, 2.45) is 0 Å². The molecule has 0 saturated carbocycles. The molecule has 2 aromatic carbocycles. The lowest BCUT2D eigenvalue weighted by atomic mass is 9.82. The minimum atomic E-state index is -0.703. The van der Waals surface area contributed by atoms with E-state index in [1.807, 2.05) is 6.07 Å². The van der Waals surface area contributed by atoms with Gasteiger partial charge in [-0.3, -0.25) is 4.79 Å². The molecule has 0 bridgehead atoms. The van der Waals surface area contributed by atoms with Crippen LogP contribution in [0.1, 0.15) is 52.0 Å². The maximum Gasteiger partial charge on any atom is 0.303 e. The van der Waals surface area contributed by atoms with Gasteiger partial charge in [0.15, 0.2) is 5.71 Å². The number of anilines is 2. The fourth-order valence-corrected chi connectivity index (χ4v) is 3.99. The van der Waals surface area contributed by atoms with Crippen LogP contribution in [-0.2, 0) is 10.2 Å². The standard InChI is InChI=1S/C24H30N2O2/c1-18-24(2,3)21-17-20(25(4)19-11-7-5-8-12-19)14-15-22(21)26(18)16-10-6-9-13-23(27)28/h5,7-8,11-12,14-15,17H,6,9-10,13,16H2,1-4H3/p+1. The zero-order chi connectivity index (χ0) is 20.3. The van der Waals surface area contributed by atoms with Gasteiger partial charge in [0.2, 0.25) is 5.69 Å². The molecular weight excluding hydrogens is 348 g/mol. The zero-order valence-corrected chi connectivity index (χ0v) is 17.4. The molecule has 1 heterocycles. The summed E-state index contributed by atoms with van der Waals surface area (Å²) in [5.74, 6) is -0.703. The second kappa shape index (κ2) is 8.17. The van der Waals surface area contributed by atoms with Gasteiger partial charge >= 0.3 is 5.97 Å². The number of para-hydroxylation sites is 1. The van der Waals surface area contributed by atoms with Crippen LogP contribution in [0.5, 0.6) is 0 Å². The first-order valence-electron chi connectivity index (χ1n) is 10.1. The molecule has 0 amide bonds. The Kier molecular flexibility index (Phi) is 5.87. The SMILES string of the molecule is CC1=[N+](CCCCCC(=O)O)c2ccc(N(C)c3ccccc3)cc2C1(C)C. The monoisotopic (exact) mass is 379 g/mol. The van der Waals surface area contributed by atoms with E-state index in [2.05, 4.69) is 79.8 Å². The van der Waals surface area contributed by atoms with E-state index in [-0.39, 0.29) is 11.8 Å². The van der Waals surface area contributed by atoms with Crippen LogP contribution in [0.15, 0.2) is 48.5 Å². The van der Waals surface area contributed by atoms with Crippen molar-refractivity contribution < 1.29 is 14.5 Å². The zero-order valence-electron chi connectivity index (χ0n) is 17.4. The van der Waals surface area contributed by atoms with Crippen LogP contribution >= 0.6 is 0 Å². The van der Waals surface area contributed by atoms with Gasteiger partial charge in [-0.25, -0.2) is 0 Å². The molecular formula is C24H31N2O2+. The van der Waals surface area contributed by atoms with Gasteiger partial charge < -0.3 is 10.0 Å². The number of fused-ring (bicyclic) bond motifs is 1. The third-order valence-electron chi connectivity index (χ3n) is 6.06. The number of nitrogens with zero attached hydrogens (tertiary/aromatic N) is 2. The number of aliphatic carboxylic acids is 1. The second-order valence-corrected chi connectivity index (χ2v) is 8.16. The number of carbonyl (C=O) groups is 1. The molecule has 0 saturated heterocycles. The van der Waals surface area contributed by atoms with Crippen LogP contribution in [0.3, 0.4) is 0 Å². The summed E-state index contributed by atoms with van der Waals surface area (Å²) in [5, 5.41) is 8.80. The summed E-state index contributed by atoms with van der Waals surface area (Å²) in [7, 11) is 2.11. The maximum atomic E-state index is 10.7. The van der Waals surface area contributed by atoms with Crippen molar-refractivity contribution in [1.29, 1.82) is 0 Å². The van der Waals surface area contributed by atoms with Gasteiger partial charge in [0.25, 0.3) is 0 Å². The summed E-state index contributed by atoms with van der Waals surface area (Å²) >= 11 is 0. The van der Waals surface area contributed by atoms with Crippen molar-refractivity contribution in [1.82, 2.24) is 0 Å². The molecule has 0 fully saturated rings. The van der Waals surface area contributed by atoms with E-state index in [0.717, 1.165) is 25.8 Å². The molecule has 3 rings (SSSR count). The van der Waals surface area contributed by atoms with E-state index in [9.17, 15) is 4.79 Å². The van der Waals surface area contributed by atoms with E-state index < -0.39 is 5.97 Å². The summed E-state index contributed by atoms with van der Waals surface area (Å²) in [6, 6.07) is 17.2. The first kappa shape index (κ1) is 20.1. The molecule has 28 heavy (non-hydrogen) atoms. The van der Waals surface area contributed by atoms with Gasteiger partial charge in [-0.05, 0) is 51.0 Å². The highest BCUT2D eigenvalue weighted by molar-refractivity contribution is 5.94. The van der Waals surface area contributed by atoms with Crippen LogP contribution in [0.25, 0.3) is 0 Å². The normalized spacial score (nSPS) is 14.9. The van der Waals surface area contributed by atoms with Crippen LogP contribution in [0.4, 0.5) is 17.1 Å². The highest BCUT2D eigenvalue weighted by Gasteiger charge is 2.43. The molecule has 4 nitrogen and oxygen atoms in total. The Morgan fingerprint density at radius 2 is 1.75 bits per heavy atom.